The van der Waals surface area contributed by atoms with Crippen LogP contribution in [0.5, 0.6) is 0 Å². The van der Waals surface area contributed by atoms with E-state index in [0.717, 1.165) is 24.3 Å². The summed E-state index contributed by atoms with van der Waals surface area (Å²) >= 11 is 5.96. The largest absolute Gasteiger partial charge is 0.387 e. The Morgan fingerprint density at radius 3 is 2.82 bits per heavy atom. The molecule has 4 rings (SSSR count). The third-order valence-corrected chi connectivity index (χ3v) is 6.16. The topological polar surface area (TPSA) is 50.9 Å². The highest BCUT2D eigenvalue weighted by Crippen LogP contribution is 2.70. The summed E-state index contributed by atoms with van der Waals surface area (Å²) in [6, 6.07) is 7.96. The predicted octanol–water partition coefficient (Wildman–Crippen LogP) is 2.95. The fourth-order valence-electron chi connectivity index (χ4n) is 4.36. The molecule has 116 valence electrons. The molecular weight excluding hydrogens is 298 g/mol. The van der Waals surface area contributed by atoms with Crippen LogP contribution in [-0.2, 0) is 13.0 Å². The van der Waals surface area contributed by atoms with Crippen molar-refractivity contribution >= 4 is 11.6 Å². The first-order valence-electron chi connectivity index (χ1n) is 7.80. The molecule has 2 fully saturated rings. The van der Waals surface area contributed by atoms with Crippen molar-refractivity contribution in [1.29, 1.82) is 0 Å². The molecule has 0 radical (unpaired) electrons. The van der Waals surface area contributed by atoms with Crippen molar-refractivity contribution in [2.75, 3.05) is 0 Å². The maximum Gasteiger partial charge on any atom is 0.137 e. The number of halogens is 1. The molecule has 2 aliphatic carbocycles. The first kappa shape index (κ1) is 14.2. The second kappa shape index (κ2) is 4.80. The molecule has 1 aromatic carbocycles. The van der Waals surface area contributed by atoms with Gasteiger partial charge in [-0.3, -0.25) is 4.68 Å². The van der Waals surface area contributed by atoms with Gasteiger partial charge in [0.05, 0.1) is 12.1 Å². The van der Waals surface area contributed by atoms with Gasteiger partial charge in [-0.15, -0.1) is 0 Å². The summed E-state index contributed by atoms with van der Waals surface area (Å²) in [6.07, 6.45) is 6.31. The maximum atomic E-state index is 11.5. The number of hydrogen-bond acceptors (Lipinski definition) is 3. The molecule has 4 atom stereocenters. The third-order valence-electron chi connectivity index (χ3n) is 5.91. The number of fused-ring (bicyclic) bond motifs is 1. The molecule has 0 unspecified atom stereocenters. The Labute approximate surface area is 135 Å². The van der Waals surface area contributed by atoms with Crippen LogP contribution in [0.4, 0.5) is 0 Å². The van der Waals surface area contributed by atoms with Gasteiger partial charge in [-0.2, -0.15) is 5.10 Å². The number of rotatable bonds is 4. The monoisotopic (exact) mass is 317 g/mol. The van der Waals surface area contributed by atoms with Crippen molar-refractivity contribution in [2.24, 2.45) is 17.3 Å². The molecule has 1 heterocycles. The Kier molecular flexibility index (Phi) is 3.10. The van der Waals surface area contributed by atoms with Crippen molar-refractivity contribution < 1.29 is 5.11 Å². The van der Waals surface area contributed by atoms with E-state index in [1.807, 2.05) is 12.1 Å². The molecule has 0 amide bonds. The van der Waals surface area contributed by atoms with Gasteiger partial charge in [0.2, 0.25) is 0 Å². The molecule has 22 heavy (non-hydrogen) atoms. The zero-order valence-corrected chi connectivity index (χ0v) is 13.4. The number of benzene rings is 1. The number of aromatic nitrogens is 3. The van der Waals surface area contributed by atoms with Crippen LogP contribution < -0.4 is 0 Å². The fraction of sp³-hybridized carbons (Fsp3) is 0.529. The molecule has 0 spiro atoms. The van der Waals surface area contributed by atoms with E-state index >= 15 is 0 Å². The van der Waals surface area contributed by atoms with E-state index in [0.29, 0.717) is 12.5 Å². The van der Waals surface area contributed by atoms with Gasteiger partial charge in [0, 0.05) is 10.4 Å². The molecule has 2 aliphatic rings. The number of aliphatic hydroxyl groups is 1. The van der Waals surface area contributed by atoms with Crippen molar-refractivity contribution in [3.05, 3.63) is 47.5 Å². The van der Waals surface area contributed by atoms with Crippen molar-refractivity contribution in [3.8, 4) is 0 Å². The minimum atomic E-state index is -0.717. The summed E-state index contributed by atoms with van der Waals surface area (Å²) < 4.78 is 1.76. The van der Waals surface area contributed by atoms with Crippen LogP contribution >= 0.6 is 11.6 Å². The Bertz CT molecular complexity index is 672. The van der Waals surface area contributed by atoms with E-state index in [1.165, 1.54) is 11.9 Å². The lowest BCUT2D eigenvalue weighted by Crippen LogP contribution is -2.47. The minimum Gasteiger partial charge on any atom is -0.387 e. The van der Waals surface area contributed by atoms with Gasteiger partial charge >= 0.3 is 0 Å². The highest BCUT2D eigenvalue weighted by atomic mass is 35.5. The van der Waals surface area contributed by atoms with Gasteiger partial charge in [-0.1, -0.05) is 30.7 Å². The molecule has 0 bridgehead atoms. The first-order chi connectivity index (χ1) is 10.5. The molecule has 5 heteroatoms. The van der Waals surface area contributed by atoms with Gasteiger partial charge in [-0.25, -0.2) is 4.98 Å². The second-order valence-corrected chi connectivity index (χ2v) is 7.54. The van der Waals surface area contributed by atoms with E-state index in [4.69, 9.17) is 11.6 Å². The standard InChI is InChI=1S/C17H20ClN3O/c1-16-8-14(16)7-13(6-12-2-4-15(18)5-3-12)17(16,22)9-21-11-19-10-20-21/h2-5,10-11,13-14,22H,6-9H2,1H3/t13-,14+,16-,17-/m0/s1. The normalized spacial score (nSPS) is 36.3. The van der Waals surface area contributed by atoms with Crippen molar-refractivity contribution in [3.63, 3.8) is 0 Å². The lowest BCUT2D eigenvalue weighted by atomic mass is 9.76. The molecule has 1 N–H and O–H groups in total. The molecule has 0 saturated heterocycles. The van der Waals surface area contributed by atoms with E-state index in [2.05, 4.69) is 29.1 Å². The predicted molar refractivity (Wildman–Crippen MR) is 84.4 cm³/mol. The molecule has 1 aromatic heterocycles. The molecule has 2 aromatic rings. The van der Waals surface area contributed by atoms with E-state index in [-0.39, 0.29) is 11.3 Å². The summed E-state index contributed by atoms with van der Waals surface area (Å²) in [7, 11) is 0. The highest BCUT2D eigenvalue weighted by Gasteiger charge is 2.71. The Balaban J connectivity index is 1.59. The zero-order chi connectivity index (χ0) is 15.4. The lowest BCUT2D eigenvalue weighted by molar-refractivity contribution is -0.0718. The van der Waals surface area contributed by atoms with Crippen molar-refractivity contribution in [2.45, 2.75) is 38.3 Å². The maximum absolute atomic E-state index is 11.5. The first-order valence-corrected chi connectivity index (χ1v) is 8.18. The van der Waals surface area contributed by atoms with Crippen molar-refractivity contribution in [1.82, 2.24) is 14.8 Å². The second-order valence-electron chi connectivity index (χ2n) is 7.10. The van der Waals surface area contributed by atoms with Crippen LogP contribution in [0.1, 0.15) is 25.3 Å². The van der Waals surface area contributed by atoms with E-state index < -0.39 is 5.60 Å². The van der Waals surface area contributed by atoms with Crippen LogP contribution in [0, 0.1) is 17.3 Å². The van der Waals surface area contributed by atoms with Gasteiger partial charge < -0.3 is 5.11 Å². The summed E-state index contributed by atoms with van der Waals surface area (Å²) in [4.78, 5) is 4.00. The molecule has 4 nitrogen and oxygen atoms in total. The van der Waals surface area contributed by atoms with Crippen LogP contribution in [0.3, 0.4) is 0 Å². The summed E-state index contributed by atoms with van der Waals surface area (Å²) in [6.45, 7) is 2.74. The van der Waals surface area contributed by atoms with Gasteiger partial charge in [0.1, 0.15) is 12.7 Å². The van der Waals surface area contributed by atoms with E-state index in [1.54, 1.807) is 11.0 Å². The quantitative estimate of drug-likeness (QED) is 0.943. The van der Waals surface area contributed by atoms with Crippen LogP contribution in [0.2, 0.25) is 5.02 Å². The molecule has 0 aliphatic heterocycles. The average Bonchev–Trinajstić information content (AvgIpc) is 2.83. The lowest BCUT2D eigenvalue weighted by Gasteiger charge is -2.37. The average molecular weight is 318 g/mol. The smallest absolute Gasteiger partial charge is 0.137 e. The van der Waals surface area contributed by atoms with Gasteiger partial charge in [-0.05, 0) is 48.8 Å². The summed E-state index contributed by atoms with van der Waals surface area (Å²) in [5.74, 6) is 0.889. The number of nitrogens with zero attached hydrogens (tertiary/aromatic N) is 3. The molecule has 2 saturated carbocycles. The van der Waals surface area contributed by atoms with Gasteiger partial charge in [0.15, 0.2) is 0 Å². The highest BCUT2D eigenvalue weighted by molar-refractivity contribution is 6.30. The Morgan fingerprint density at radius 2 is 2.14 bits per heavy atom. The zero-order valence-electron chi connectivity index (χ0n) is 12.6. The molecular formula is C17H20ClN3O. The van der Waals surface area contributed by atoms with E-state index in [9.17, 15) is 5.11 Å². The summed E-state index contributed by atoms with van der Waals surface area (Å²) in [5.41, 5.74) is 0.539. The summed E-state index contributed by atoms with van der Waals surface area (Å²) in [5, 5.41) is 16.4. The fourth-order valence-corrected chi connectivity index (χ4v) is 4.49. The Morgan fingerprint density at radius 1 is 1.36 bits per heavy atom. The van der Waals surface area contributed by atoms with Crippen LogP contribution in [-0.4, -0.2) is 25.5 Å². The van der Waals surface area contributed by atoms with Crippen LogP contribution in [0.25, 0.3) is 0 Å². The SMILES string of the molecule is C[C@]12C[C@H]1C[C@H](Cc1ccc(Cl)cc1)[C@@]2(O)Cn1cncn1. The number of hydrogen-bond donors (Lipinski definition) is 1. The minimum absolute atomic E-state index is 0.0239. The van der Waals surface area contributed by atoms with Crippen LogP contribution in [0.15, 0.2) is 36.9 Å². The third kappa shape index (κ3) is 2.09. The Hall–Kier alpha value is -1.39. The van der Waals surface area contributed by atoms with Gasteiger partial charge in [0.25, 0.3) is 0 Å².